The number of nitrogens with one attached hydrogen (secondary N) is 2. The minimum Gasteiger partial charge on any atom is -0.491 e. The van der Waals surface area contributed by atoms with Crippen LogP contribution in [0.5, 0.6) is 5.75 Å². The topological polar surface area (TPSA) is 79.8 Å². The van der Waals surface area contributed by atoms with Crippen molar-refractivity contribution in [2.24, 2.45) is 5.10 Å². The van der Waals surface area contributed by atoms with Gasteiger partial charge in [0.2, 0.25) is 0 Å². The van der Waals surface area contributed by atoms with Crippen molar-refractivity contribution in [3.05, 3.63) is 64.7 Å². The average molecular weight is 374 g/mol. The van der Waals surface area contributed by atoms with Crippen molar-refractivity contribution in [3.8, 4) is 5.75 Å². The zero-order valence-electron chi connectivity index (χ0n) is 14.5. The highest BCUT2D eigenvalue weighted by Gasteiger charge is 2.11. The van der Waals surface area contributed by atoms with Gasteiger partial charge >= 0.3 is 11.8 Å². The highest BCUT2D eigenvalue weighted by atomic mass is 35.5. The minimum atomic E-state index is -0.838. The quantitative estimate of drug-likeness (QED) is 0.464. The maximum absolute atomic E-state index is 11.7. The van der Waals surface area contributed by atoms with Gasteiger partial charge < -0.3 is 10.1 Å². The Morgan fingerprint density at radius 1 is 1.08 bits per heavy atom. The Balaban J connectivity index is 1.78. The van der Waals surface area contributed by atoms with Gasteiger partial charge in [-0.05, 0) is 61.4 Å². The molecule has 2 aromatic rings. The molecule has 7 heteroatoms. The molecule has 26 heavy (non-hydrogen) atoms. The summed E-state index contributed by atoms with van der Waals surface area (Å²) in [4.78, 5) is 23.4. The van der Waals surface area contributed by atoms with Crippen LogP contribution in [-0.2, 0) is 16.1 Å². The Morgan fingerprint density at radius 2 is 1.73 bits per heavy atom. The van der Waals surface area contributed by atoms with E-state index in [4.69, 9.17) is 16.3 Å². The third-order valence-corrected chi connectivity index (χ3v) is 3.46. The van der Waals surface area contributed by atoms with E-state index in [0.717, 1.165) is 16.9 Å². The van der Waals surface area contributed by atoms with Crippen molar-refractivity contribution >= 4 is 29.6 Å². The summed E-state index contributed by atoms with van der Waals surface area (Å²) in [5.74, 6) is -0.851. The van der Waals surface area contributed by atoms with E-state index in [1.54, 1.807) is 36.4 Å². The second-order valence-electron chi connectivity index (χ2n) is 5.74. The van der Waals surface area contributed by atoms with Crippen LogP contribution in [0.4, 0.5) is 0 Å². The molecule has 0 radical (unpaired) electrons. The number of hydrogen-bond donors (Lipinski definition) is 2. The number of nitrogens with zero attached hydrogens (tertiary/aromatic N) is 1. The predicted octanol–water partition coefficient (Wildman–Crippen LogP) is 2.89. The number of carbonyl (C=O) groups is 2. The lowest BCUT2D eigenvalue weighted by atomic mass is 10.2. The van der Waals surface area contributed by atoms with Crippen LogP contribution in [0, 0.1) is 0 Å². The molecular weight excluding hydrogens is 354 g/mol. The van der Waals surface area contributed by atoms with E-state index in [1.807, 2.05) is 26.0 Å². The lowest BCUT2D eigenvalue weighted by Crippen LogP contribution is -2.37. The van der Waals surface area contributed by atoms with Crippen LogP contribution in [0.2, 0.25) is 5.02 Å². The molecule has 136 valence electrons. The molecular formula is C19H20ClN3O3. The first-order valence-corrected chi connectivity index (χ1v) is 8.44. The molecule has 2 aromatic carbocycles. The highest BCUT2D eigenvalue weighted by molar-refractivity contribution is 6.35. The van der Waals surface area contributed by atoms with Crippen molar-refractivity contribution in [1.82, 2.24) is 10.7 Å². The SMILES string of the molecule is CC(C)Oc1ccc(/C=N/NC(=O)C(=O)NCc2ccc(Cl)cc2)cc1. The Hall–Kier alpha value is -2.86. The molecule has 6 nitrogen and oxygen atoms in total. The Morgan fingerprint density at radius 3 is 2.35 bits per heavy atom. The second kappa shape index (κ2) is 9.58. The number of ether oxygens (including phenoxy) is 1. The number of carbonyl (C=O) groups excluding carboxylic acids is 2. The summed E-state index contributed by atoms with van der Waals surface area (Å²) >= 11 is 5.79. The summed E-state index contributed by atoms with van der Waals surface area (Å²) < 4.78 is 5.54. The Bertz CT molecular complexity index is 772. The summed E-state index contributed by atoms with van der Waals surface area (Å²) in [6.45, 7) is 4.12. The van der Waals surface area contributed by atoms with Crippen molar-refractivity contribution in [1.29, 1.82) is 0 Å². The summed E-state index contributed by atoms with van der Waals surface area (Å²) in [5, 5.41) is 6.89. The van der Waals surface area contributed by atoms with Gasteiger partial charge in [0, 0.05) is 11.6 Å². The van der Waals surface area contributed by atoms with E-state index in [-0.39, 0.29) is 12.6 Å². The zero-order chi connectivity index (χ0) is 18.9. The fraction of sp³-hybridized carbons (Fsp3) is 0.211. The highest BCUT2D eigenvalue weighted by Crippen LogP contribution is 2.12. The number of hydrazone groups is 1. The monoisotopic (exact) mass is 373 g/mol. The van der Waals surface area contributed by atoms with Gasteiger partial charge in [-0.1, -0.05) is 23.7 Å². The molecule has 0 saturated heterocycles. The van der Waals surface area contributed by atoms with Crippen LogP contribution in [0.15, 0.2) is 53.6 Å². The lowest BCUT2D eigenvalue weighted by Gasteiger charge is -2.09. The number of amides is 2. The molecule has 0 atom stereocenters. The molecule has 0 heterocycles. The van der Waals surface area contributed by atoms with E-state index in [9.17, 15) is 9.59 Å². The normalized spacial score (nSPS) is 10.8. The third kappa shape index (κ3) is 6.57. The van der Waals surface area contributed by atoms with Crippen LogP contribution in [-0.4, -0.2) is 24.1 Å². The Kier molecular flexibility index (Phi) is 7.17. The smallest absolute Gasteiger partial charge is 0.329 e. The number of rotatable bonds is 6. The van der Waals surface area contributed by atoms with Crippen molar-refractivity contribution in [3.63, 3.8) is 0 Å². The molecule has 0 bridgehead atoms. The van der Waals surface area contributed by atoms with E-state index in [1.165, 1.54) is 6.21 Å². The molecule has 0 aliphatic heterocycles. The van der Waals surface area contributed by atoms with E-state index in [0.29, 0.717) is 5.02 Å². The largest absolute Gasteiger partial charge is 0.491 e. The predicted molar refractivity (Wildman–Crippen MR) is 101 cm³/mol. The van der Waals surface area contributed by atoms with Crippen LogP contribution >= 0.6 is 11.6 Å². The summed E-state index contributed by atoms with van der Waals surface area (Å²) in [6, 6.07) is 14.2. The van der Waals surface area contributed by atoms with Gasteiger partial charge in [-0.3, -0.25) is 9.59 Å². The van der Waals surface area contributed by atoms with Crippen LogP contribution in [0.3, 0.4) is 0 Å². The van der Waals surface area contributed by atoms with Gasteiger partial charge in [0.1, 0.15) is 5.75 Å². The molecule has 0 spiro atoms. The van der Waals surface area contributed by atoms with Crippen LogP contribution in [0.1, 0.15) is 25.0 Å². The van der Waals surface area contributed by atoms with Crippen molar-refractivity contribution < 1.29 is 14.3 Å². The molecule has 0 unspecified atom stereocenters. The van der Waals surface area contributed by atoms with E-state index >= 15 is 0 Å². The third-order valence-electron chi connectivity index (χ3n) is 3.20. The maximum atomic E-state index is 11.7. The first-order valence-electron chi connectivity index (χ1n) is 8.06. The summed E-state index contributed by atoms with van der Waals surface area (Å²) in [5.41, 5.74) is 3.79. The summed E-state index contributed by atoms with van der Waals surface area (Å²) in [7, 11) is 0. The minimum absolute atomic E-state index is 0.0974. The zero-order valence-corrected chi connectivity index (χ0v) is 15.3. The maximum Gasteiger partial charge on any atom is 0.329 e. The van der Waals surface area contributed by atoms with Crippen LogP contribution in [0.25, 0.3) is 0 Å². The van der Waals surface area contributed by atoms with Crippen molar-refractivity contribution in [2.45, 2.75) is 26.5 Å². The molecule has 0 aliphatic rings. The molecule has 2 rings (SSSR count). The fourth-order valence-corrected chi connectivity index (χ4v) is 2.11. The summed E-state index contributed by atoms with van der Waals surface area (Å²) in [6.07, 6.45) is 1.55. The first kappa shape index (κ1) is 19.5. The van der Waals surface area contributed by atoms with E-state index < -0.39 is 11.8 Å². The molecule has 0 aliphatic carbocycles. The van der Waals surface area contributed by atoms with E-state index in [2.05, 4.69) is 15.8 Å². The van der Waals surface area contributed by atoms with Gasteiger partial charge in [-0.15, -0.1) is 0 Å². The van der Waals surface area contributed by atoms with Gasteiger partial charge in [0.15, 0.2) is 0 Å². The number of hydrogen-bond acceptors (Lipinski definition) is 4. The van der Waals surface area contributed by atoms with Crippen molar-refractivity contribution in [2.75, 3.05) is 0 Å². The van der Waals surface area contributed by atoms with Gasteiger partial charge in [0.05, 0.1) is 12.3 Å². The molecule has 0 aromatic heterocycles. The number of halogens is 1. The molecule has 2 N–H and O–H groups in total. The fourth-order valence-electron chi connectivity index (χ4n) is 1.99. The van der Waals surface area contributed by atoms with Gasteiger partial charge in [-0.2, -0.15) is 5.10 Å². The number of benzene rings is 2. The van der Waals surface area contributed by atoms with Gasteiger partial charge in [0.25, 0.3) is 0 Å². The molecule has 0 fully saturated rings. The lowest BCUT2D eigenvalue weighted by molar-refractivity contribution is -0.139. The van der Waals surface area contributed by atoms with Gasteiger partial charge in [-0.25, -0.2) is 5.43 Å². The first-order chi connectivity index (χ1) is 12.4. The second-order valence-corrected chi connectivity index (χ2v) is 6.18. The average Bonchev–Trinajstić information content (AvgIpc) is 2.62. The Labute approximate surface area is 157 Å². The molecule has 2 amide bonds. The standard InChI is InChI=1S/C19H20ClN3O3/c1-13(2)26-17-9-5-15(6-10-17)12-22-23-19(25)18(24)21-11-14-3-7-16(20)8-4-14/h3-10,12-13H,11H2,1-2H3,(H,21,24)(H,23,25)/b22-12+. The molecule has 0 saturated carbocycles. The van der Waals surface area contributed by atoms with Crippen LogP contribution < -0.4 is 15.5 Å².